The highest BCUT2D eigenvalue weighted by molar-refractivity contribution is 6.31. The molecule has 3 rings (SSSR count). The zero-order chi connectivity index (χ0) is 14.7. The number of benzene rings is 2. The molecule has 21 heavy (non-hydrogen) atoms. The van der Waals surface area contributed by atoms with Crippen LogP contribution in [0.15, 0.2) is 54.7 Å². The Hall–Kier alpha value is -2.57. The first-order valence-electron chi connectivity index (χ1n) is 6.43. The van der Waals surface area contributed by atoms with Gasteiger partial charge in [0.2, 0.25) is 0 Å². The van der Waals surface area contributed by atoms with Crippen LogP contribution in [0.3, 0.4) is 0 Å². The minimum Gasteiger partial charge on any atom is -0.487 e. The maximum Gasteiger partial charge on any atom is 0.139 e. The van der Waals surface area contributed by atoms with Crippen LogP contribution in [0.2, 0.25) is 5.02 Å². The molecule has 1 heterocycles. The molecular weight excluding hydrogens is 284 g/mol. The van der Waals surface area contributed by atoms with E-state index in [4.69, 9.17) is 21.6 Å². The Balaban J connectivity index is 1.91. The van der Waals surface area contributed by atoms with Crippen molar-refractivity contribution in [2.45, 2.75) is 6.61 Å². The standard InChI is InChI=1S/C17H11ClN2O/c18-15-7-2-8-16(14(15)10-19)21-11-13-5-1-4-12-6-3-9-20-17(12)13/h1-9H,11H2. The van der Waals surface area contributed by atoms with Gasteiger partial charge in [0.1, 0.15) is 24.0 Å². The van der Waals surface area contributed by atoms with Gasteiger partial charge in [-0.15, -0.1) is 0 Å². The lowest BCUT2D eigenvalue weighted by molar-refractivity contribution is 0.306. The van der Waals surface area contributed by atoms with Gasteiger partial charge in [-0.2, -0.15) is 5.26 Å². The number of nitriles is 1. The lowest BCUT2D eigenvalue weighted by Gasteiger charge is -2.10. The number of hydrogen-bond acceptors (Lipinski definition) is 3. The minimum absolute atomic E-state index is 0.337. The molecule has 0 saturated heterocycles. The molecule has 0 aliphatic heterocycles. The Labute approximate surface area is 127 Å². The summed E-state index contributed by atoms with van der Waals surface area (Å²) in [4.78, 5) is 4.38. The molecule has 0 bridgehead atoms. The molecule has 0 N–H and O–H groups in total. The molecule has 0 fully saturated rings. The van der Waals surface area contributed by atoms with Gasteiger partial charge in [0.15, 0.2) is 0 Å². The second kappa shape index (κ2) is 5.82. The van der Waals surface area contributed by atoms with Crippen molar-refractivity contribution in [3.8, 4) is 11.8 Å². The van der Waals surface area contributed by atoms with E-state index < -0.39 is 0 Å². The number of ether oxygens (including phenoxy) is 1. The van der Waals surface area contributed by atoms with E-state index in [0.717, 1.165) is 16.5 Å². The number of para-hydroxylation sites is 1. The molecule has 0 amide bonds. The van der Waals surface area contributed by atoms with E-state index in [1.54, 1.807) is 24.4 Å². The molecule has 0 atom stereocenters. The summed E-state index contributed by atoms with van der Waals surface area (Å²) in [6.45, 7) is 0.337. The van der Waals surface area contributed by atoms with Gasteiger partial charge < -0.3 is 4.74 Å². The largest absolute Gasteiger partial charge is 0.487 e. The summed E-state index contributed by atoms with van der Waals surface area (Å²) in [5, 5.41) is 10.6. The van der Waals surface area contributed by atoms with Crippen LogP contribution in [0.1, 0.15) is 11.1 Å². The van der Waals surface area contributed by atoms with Crippen molar-refractivity contribution in [1.82, 2.24) is 4.98 Å². The summed E-state index contributed by atoms with van der Waals surface area (Å²) in [7, 11) is 0. The second-order valence-corrected chi connectivity index (χ2v) is 4.91. The summed E-state index contributed by atoms with van der Waals surface area (Å²) >= 11 is 5.99. The van der Waals surface area contributed by atoms with Gasteiger partial charge in [-0.1, -0.05) is 41.9 Å². The van der Waals surface area contributed by atoms with Crippen LogP contribution >= 0.6 is 11.6 Å². The van der Waals surface area contributed by atoms with Crippen LogP contribution in [0, 0.1) is 11.3 Å². The van der Waals surface area contributed by atoms with Crippen LogP contribution in [0.5, 0.6) is 5.75 Å². The van der Waals surface area contributed by atoms with E-state index >= 15 is 0 Å². The van der Waals surface area contributed by atoms with Crippen molar-refractivity contribution in [2.75, 3.05) is 0 Å². The number of rotatable bonds is 3. The highest BCUT2D eigenvalue weighted by Crippen LogP contribution is 2.26. The lowest BCUT2D eigenvalue weighted by Crippen LogP contribution is -1.99. The highest BCUT2D eigenvalue weighted by Gasteiger charge is 2.09. The molecule has 4 heteroatoms. The van der Waals surface area contributed by atoms with Gasteiger partial charge in [0, 0.05) is 17.1 Å². The number of pyridine rings is 1. The third-order valence-corrected chi connectivity index (χ3v) is 3.50. The Morgan fingerprint density at radius 2 is 1.90 bits per heavy atom. The van der Waals surface area contributed by atoms with Gasteiger partial charge in [0.05, 0.1) is 10.5 Å². The fourth-order valence-corrected chi connectivity index (χ4v) is 2.38. The zero-order valence-electron chi connectivity index (χ0n) is 11.1. The molecule has 0 saturated carbocycles. The van der Waals surface area contributed by atoms with Gasteiger partial charge in [-0.05, 0) is 18.2 Å². The van der Waals surface area contributed by atoms with Crippen LogP contribution in [-0.2, 0) is 6.61 Å². The van der Waals surface area contributed by atoms with E-state index in [1.807, 2.05) is 30.3 Å². The van der Waals surface area contributed by atoms with Crippen LogP contribution < -0.4 is 4.74 Å². The Morgan fingerprint density at radius 1 is 1.10 bits per heavy atom. The smallest absolute Gasteiger partial charge is 0.139 e. The SMILES string of the molecule is N#Cc1c(Cl)cccc1OCc1cccc2cccnc12. The van der Waals surface area contributed by atoms with E-state index in [0.29, 0.717) is 22.9 Å². The third kappa shape index (κ3) is 2.67. The van der Waals surface area contributed by atoms with Gasteiger partial charge in [-0.3, -0.25) is 4.98 Å². The maximum atomic E-state index is 9.14. The lowest BCUT2D eigenvalue weighted by atomic mass is 10.1. The summed E-state index contributed by atoms with van der Waals surface area (Å²) in [5.74, 6) is 0.484. The summed E-state index contributed by atoms with van der Waals surface area (Å²) < 4.78 is 5.76. The predicted molar refractivity (Wildman–Crippen MR) is 82.2 cm³/mol. The third-order valence-electron chi connectivity index (χ3n) is 3.19. The molecule has 0 unspecified atom stereocenters. The number of halogens is 1. The second-order valence-electron chi connectivity index (χ2n) is 4.51. The summed E-state index contributed by atoms with van der Waals surface area (Å²) in [6, 6.07) is 17.1. The number of fused-ring (bicyclic) bond motifs is 1. The topological polar surface area (TPSA) is 45.9 Å². The zero-order valence-corrected chi connectivity index (χ0v) is 11.8. The Bertz CT molecular complexity index is 834. The van der Waals surface area contributed by atoms with Crippen molar-refractivity contribution in [1.29, 1.82) is 5.26 Å². The van der Waals surface area contributed by atoms with Gasteiger partial charge in [-0.25, -0.2) is 0 Å². The van der Waals surface area contributed by atoms with Crippen LogP contribution in [-0.4, -0.2) is 4.98 Å². The highest BCUT2D eigenvalue weighted by atomic mass is 35.5. The fourth-order valence-electron chi connectivity index (χ4n) is 2.17. The van der Waals surface area contributed by atoms with Crippen molar-refractivity contribution in [2.24, 2.45) is 0 Å². The molecular formula is C17H11ClN2O. The Kier molecular flexibility index (Phi) is 3.72. The number of hydrogen-bond donors (Lipinski definition) is 0. The molecule has 2 aromatic carbocycles. The van der Waals surface area contributed by atoms with Crippen LogP contribution in [0.25, 0.3) is 10.9 Å². The Morgan fingerprint density at radius 3 is 2.76 bits per heavy atom. The van der Waals surface area contributed by atoms with Crippen molar-refractivity contribution >= 4 is 22.5 Å². The monoisotopic (exact) mass is 294 g/mol. The molecule has 0 radical (unpaired) electrons. The number of nitrogens with zero attached hydrogens (tertiary/aromatic N) is 2. The predicted octanol–water partition coefficient (Wildman–Crippen LogP) is 4.34. The van der Waals surface area contributed by atoms with E-state index in [9.17, 15) is 0 Å². The van der Waals surface area contributed by atoms with Gasteiger partial charge in [0.25, 0.3) is 0 Å². The van der Waals surface area contributed by atoms with E-state index in [-0.39, 0.29) is 0 Å². The van der Waals surface area contributed by atoms with Crippen molar-refractivity contribution in [3.63, 3.8) is 0 Å². The van der Waals surface area contributed by atoms with Crippen LogP contribution in [0.4, 0.5) is 0 Å². The average Bonchev–Trinajstić information content (AvgIpc) is 2.53. The normalized spacial score (nSPS) is 10.3. The first kappa shape index (κ1) is 13.4. The molecule has 3 nitrogen and oxygen atoms in total. The molecule has 0 aliphatic carbocycles. The van der Waals surface area contributed by atoms with E-state index in [1.165, 1.54) is 0 Å². The first-order chi connectivity index (χ1) is 10.3. The minimum atomic E-state index is 0.337. The van der Waals surface area contributed by atoms with Gasteiger partial charge >= 0.3 is 0 Å². The summed E-state index contributed by atoms with van der Waals surface area (Å²) in [6.07, 6.45) is 1.76. The molecule has 3 aromatic rings. The first-order valence-corrected chi connectivity index (χ1v) is 6.81. The maximum absolute atomic E-state index is 9.14. The van der Waals surface area contributed by atoms with Crippen molar-refractivity contribution < 1.29 is 4.74 Å². The van der Waals surface area contributed by atoms with Crippen molar-refractivity contribution in [3.05, 3.63) is 70.9 Å². The molecule has 0 spiro atoms. The quantitative estimate of drug-likeness (QED) is 0.722. The van der Waals surface area contributed by atoms with E-state index in [2.05, 4.69) is 11.1 Å². The fraction of sp³-hybridized carbons (Fsp3) is 0.0588. The summed E-state index contributed by atoms with van der Waals surface area (Å²) in [5.41, 5.74) is 2.23. The molecule has 0 aliphatic rings. The average molecular weight is 295 g/mol. The molecule has 102 valence electrons. The molecule has 1 aromatic heterocycles. The number of aromatic nitrogens is 1.